The van der Waals surface area contributed by atoms with Crippen molar-refractivity contribution in [3.8, 4) is 0 Å². The average Bonchev–Trinajstić information content (AvgIpc) is 3.35. The molecule has 31 nitrogen and oxygen atoms in total. The zero-order valence-electron chi connectivity index (χ0n) is 37.3. The lowest BCUT2D eigenvalue weighted by Crippen LogP contribution is -2.69. The monoisotopic (exact) mass is 1030 g/mol. The second kappa shape index (κ2) is 24.2. The van der Waals surface area contributed by atoms with Crippen molar-refractivity contribution in [1.82, 2.24) is 0 Å². The first-order valence-electron chi connectivity index (χ1n) is 22.8. The van der Waals surface area contributed by atoms with Gasteiger partial charge in [-0.1, -0.05) is 6.92 Å². The molecule has 0 amide bonds. The molecule has 0 radical (unpaired) electrons. The highest BCUT2D eigenvalue weighted by Gasteiger charge is 2.59. The Bertz CT molecular complexity index is 1600. The first-order chi connectivity index (χ1) is 33.4. The van der Waals surface area contributed by atoms with Crippen molar-refractivity contribution in [2.75, 3.05) is 39.6 Å². The normalized spacial score (nSPS) is 53.4. The summed E-state index contributed by atoms with van der Waals surface area (Å²) in [5.74, 6) is 0. The maximum Gasteiger partial charge on any atom is 0.187 e. The van der Waals surface area contributed by atoms with Crippen LogP contribution in [0.1, 0.15) is 13.3 Å². The molecule has 31 atom stereocenters. The van der Waals surface area contributed by atoms with Crippen molar-refractivity contribution < 1.29 is 148 Å². The fourth-order valence-electron chi connectivity index (χ4n) is 9.37. The SMILES string of the molecule is CCC(N)O[C@@H]1[C@@H](O)[C@H]2O[C@H]3[C@H](O)[C@@H](O)[C@@H](O[C@H]4[C@H](O)[C@@H](O)[C@@H](O[C@H]5[C@H](O)[C@@H](O)[C@@H](O[C@H]6[C@H](O)[C@@H](O)[C@@H](O[C@H]7[C@H](O)[C@@H](O)[C@@H](O[C@H]1[C@@H](CO)O2)O[C@@H]7CO)O[C@@H]6CO)O[C@@H]5CO)O[C@@H]4CO)O[C@@H]3CO. The summed E-state index contributed by atoms with van der Waals surface area (Å²) in [6, 6.07) is 0. The fourth-order valence-corrected chi connectivity index (χ4v) is 9.37. The third-order valence-electron chi connectivity index (χ3n) is 13.4. The lowest BCUT2D eigenvalue weighted by atomic mass is 9.94. The Morgan fingerprint density at radius 2 is 0.514 bits per heavy atom. The van der Waals surface area contributed by atoms with Crippen LogP contribution in [0.5, 0.6) is 0 Å². The van der Waals surface area contributed by atoms with Gasteiger partial charge in [-0.15, -0.1) is 0 Å². The molecule has 0 aromatic heterocycles. The number of aliphatic hydroxyl groups excluding tert-OH is 17. The molecular weight excluding hydrogens is 962 g/mol. The van der Waals surface area contributed by atoms with Gasteiger partial charge in [-0.25, -0.2) is 0 Å². The van der Waals surface area contributed by atoms with Crippen LogP contribution in [0, 0.1) is 0 Å². The van der Waals surface area contributed by atoms with Crippen LogP contribution < -0.4 is 5.73 Å². The molecule has 70 heavy (non-hydrogen) atoms. The predicted molar refractivity (Wildman–Crippen MR) is 213 cm³/mol. The van der Waals surface area contributed by atoms with Crippen LogP contribution in [-0.4, -0.2) is 317 Å². The van der Waals surface area contributed by atoms with Gasteiger partial charge in [0.05, 0.1) is 39.6 Å². The molecule has 12 bridgehead atoms. The van der Waals surface area contributed by atoms with Crippen LogP contribution in [0.15, 0.2) is 0 Å². The van der Waals surface area contributed by atoms with Crippen molar-refractivity contribution in [3.63, 3.8) is 0 Å². The van der Waals surface area contributed by atoms with E-state index in [-0.39, 0.29) is 6.42 Å². The number of hydrogen-bond acceptors (Lipinski definition) is 31. The van der Waals surface area contributed by atoms with E-state index in [2.05, 4.69) is 0 Å². The zero-order chi connectivity index (χ0) is 51.0. The van der Waals surface area contributed by atoms with Crippen LogP contribution in [0.3, 0.4) is 0 Å². The molecule has 22 saturated heterocycles. The Morgan fingerprint density at radius 3 is 0.729 bits per heavy atom. The topological polar surface area (TPSA) is 490 Å². The third-order valence-corrected chi connectivity index (χ3v) is 13.4. The molecule has 19 N–H and O–H groups in total. The number of ether oxygens (including phenoxy) is 13. The Balaban J connectivity index is 1.22. The average molecular weight is 1030 g/mol. The van der Waals surface area contributed by atoms with E-state index in [0.717, 1.165) is 0 Å². The second-order valence-corrected chi connectivity index (χ2v) is 17.9. The van der Waals surface area contributed by atoms with Gasteiger partial charge >= 0.3 is 0 Å². The first kappa shape index (κ1) is 56.5. The Labute approximate surface area is 397 Å². The molecule has 408 valence electrons. The summed E-state index contributed by atoms with van der Waals surface area (Å²) in [4.78, 5) is 0. The molecule has 22 rings (SSSR count). The quantitative estimate of drug-likeness (QED) is 0.0954. The summed E-state index contributed by atoms with van der Waals surface area (Å²) in [6.07, 6.45) is -58.6. The molecule has 0 saturated carbocycles. The summed E-state index contributed by atoms with van der Waals surface area (Å²) in [5.41, 5.74) is 6.10. The summed E-state index contributed by atoms with van der Waals surface area (Å²) in [5, 5.41) is 187. The molecule has 22 aliphatic rings. The number of hydrogen-bond donors (Lipinski definition) is 18. The van der Waals surface area contributed by atoms with Gasteiger partial charge in [-0.3, -0.25) is 0 Å². The van der Waals surface area contributed by atoms with Gasteiger partial charge in [0.15, 0.2) is 37.7 Å². The van der Waals surface area contributed by atoms with E-state index >= 15 is 0 Å². The molecule has 31 heteroatoms. The number of aliphatic hydroxyl groups is 17. The summed E-state index contributed by atoms with van der Waals surface area (Å²) < 4.78 is 75.1. The minimum atomic E-state index is -2.15. The van der Waals surface area contributed by atoms with E-state index < -0.39 is 230 Å². The van der Waals surface area contributed by atoms with Gasteiger partial charge < -0.3 is 154 Å². The second-order valence-electron chi connectivity index (χ2n) is 17.9. The molecular formula is C39H67NO30. The highest BCUT2D eigenvalue weighted by molar-refractivity contribution is 5.01. The van der Waals surface area contributed by atoms with Gasteiger partial charge in [0.25, 0.3) is 0 Å². The Kier molecular flexibility index (Phi) is 19.5. The number of rotatable bonds is 9. The van der Waals surface area contributed by atoms with Gasteiger partial charge in [0.2, 0.25) is 0 Å². The molecule has 22 heterocycles. The maximum atomic E-state index is 11.7. The highest BCUT2D eigenvalue weighted by atomic mass is 16.8. The number of nitrogens with two attached hydrogens (primary N) is 1. The fraction of sp³-hybridized carbons (Fsp3) is 1.00. The summed E-state index contributed by atoms with van der Waals surface area (Å²) in [7, 11) is 0. The van der Waals surface area contributed by atoms with Gasteiger partial charge in [-0.05, 0) is 6.42 Å². The van der Waals surface area contributed by atoms with E-state index in [0.29, 0.717) is 0 Å². The minimum Gasteiger partial charge on any atom is -0.394 e. The van der Waals surface area contributed by atoms with E-state index in [1.807, 2.05) is 0 Å². The van der Waals surface area contributed by atoms with Crippen molar-refractivity contribution in [1.29, 1.82) is 0 Å². The molecule has 0 aliphatic carbocycles. The summed E-state index contributed by atoms with van der Waals surface area (Å²) in [6.45, 7) is -4.31. The van der Waals surface area contributed by atoms with Crippen LogP contribution in [-0.2, 0) is 61.6 Å². The molecule has 0 spiro atoms. The third kappa shape index (κ3) is 11.2. The first-order valence-corrected chi connectivity index (χ1v) is 22.8. The van der Waals surface area contributed by atoms with Crippen molar-refractivity contribution in [3.05, 3.63) is 0 Å². The van der Waals surface area contributed by atoms with Gasteiger partial charge in [-0.2, -0.15) is 0 Å². The van der Waals surface area contributed by atoms with E-state index in [4.69, 9.17) is 67.3 Å². The lowest BCUT2D eigenvalue weighted by molar-refractivity contribution is -0.405. The van der Waals surface area contributed by atoms with Crippen LogP contribution >= 0.6 is 0 Å². The van der Waals surface area contributed by atoms with Gasteiger partial charge in [0.1, 0.15) is 153 Å². The van der Waals surface area contributed by atoms with Crippen molar-refractivity contribution in [2.24, 2.45) is 5.73 Å². The van der Waals surface area contributed by atoms with Crippen LogP contribution in [0.25, 0.3) is 0 Å². The van der Waals surface area contributed by atoms with Gasteiger partial charge in [0, 0.05) is 0 Å². The zero-order valence-corrected chi connectivity index (χ0v) is 37.3. The highest BCUT2D eigenvalue weighted by Crippen LogP contribution is 2.38. The minimum absolute atomic E-state index is 0.120. The molecule has 1 unspecified atom stereocenters. The van der Waals surface area contributed by atoms with Crippen LogP contribution in [0.4, 0.5) is 0 Å². The lowest BCUT2D eigenvalue weighted by Gasteiger charge is -2.51. The van der Waals surface area contributed by atoms with Crippen LogP contribution in [0.2, 0.25) is 0 Å². The molecule has 22 fully saturated rings. The maximum absolute atomic E-state index is 11.7. The Morgan fingerprint density at radius 1 is 0.314 bits per heavy atom. The Hall–Kier alpha value is -1.24. The van der Waals surface area contributed by atoms with Crippen molar-refractivity contribution >= 4 is 0 Å². The van der Waals surface area contributed by atoms with Crippen molar-refractivity contribution in [2.45, 2.75) is 204 Å². The standard InChI is InChI=1S/C39H67NO30/c1-2-15(40)64-33-26(57)39-63-14(8-46)32(33)70-38-25(56)20(51)30(12(6-44)62-38)68-36-23(54)18(49)28(10(4-42)60-36)66-34-21(52)16(47)27(9(3-41)58-34)65-35-22(53)17(48)29(11(5-43)59-35)67-37-24(55)19(50)31(69-39)13(7-45)61-37/h9-39,41-57H,2-8,40H2,1H3/t9-,10-,11-,12-,13-,14-,15?,16-,17-,18-,19-,20-,21-,22-,23-,24-,25-,26-,27-,28-,29-,30-,31-,32+,33-,34-,35-,36-,37-,38-,39-/m1/s1. The van der Waals surface area contributed by atoms with E-state index in [1.54, 1.807) is 6.92 Å². The molecule has 0 aromatic rings. The molecule has 0 aromatic carbocycles. The van der Waals surface area contributed by atoms with E-state index in [1.165, 1.54) is 0 Å². The summed E-state index contributed by atoms with van der Waals surface area (Å²) >= 11 is 0. The predicted octanol–water partition coefficient (Wildman–Crippen LogP) is -12.3. The smallest absolute Gasteiger partial charge is 0.187 e. The molecule has 22 aliphatic heterocycles. The largest absolute Gasteiger partial charge is 0.394 e. The van der Waals surface area contributed by atoms with E-state index in [9.17, 15) is 86.8 Å².